The van der Waals surface area contributed by atoms with Crippen LogP contribution in [0.4, 0.5) is 0 Å². The van der Waals surface area contributed by atoms with Gasteiger partial charge in [-0.05, 0) is 35.9 Å². The van der Waals surface area contributed by atoms with E-state index in [1.165, 1.54) is 6.07 Å². The predicted octanol–water partition coefficient (Wildman–Crippen LogP) is 3.11. The molecular weight excluding hydrogens is 198 g/mol. The summed E-state index contributed by atoms with van der Waals surface area (Å²) in [5.74, 6) is 0.174. The first-order valence-electron chi connectivity index (χ1n) is 4.16. The van der Waals surface area contributed by atoms with Gasteiger partial charge in [-0.15, -0.1) is 0 Å². The maximum absolute atomic E-state index is 9.19. The number of phenolic OH excluding ortho intramolecular Hbond substituents is 1. The van der Waals surface area contributed by atoms with Gasteiger partial charge in [0.2, 0.25) is 0 Å². The molecule has 0 saturated carbocycles. The Morgan fingerprint density at radius 1 is 1.07 bits per heavy atom. The zero-order chi connectivity index (χ0) is 9.97. The maximum atomic E-state index is 9.19. The fourth-order valence-corrected chi connectivity index (χ4v) is 1.55. The summed E-state index contributed by atoms with van der Waals surface area (Å²) >= 11 is 5.98. The van der Waals surface area contributed by atoms with Crippen LogP contribution in [0.25, 0.3) is 11.1 Å². The molecule has 0 bridgehead atoms. The highest BCUT2D eigenvalue weighted by molar-refractivity contribution is 6.33. The number of nitrogens with zero attached hydrogens (tertiary/aromatic N) is 1. The van der Waals surface area contributed by atoms with Crippen molar-refractivity contribution in [2.75, 3.05) is 0 Å². The molecular formula is C11H8ClNO. The third-order valence-corrected chi connectivity index (χ3v) is 2.26. The van der Waals surface area contributed by atoms with Gasteiger partial charge >= 0.3 is 0 Å². The molecule has 0 atom stereocenters. The lowest BCUT2D eigenvalue weighted by molar-refractivity contribution is 0.475. The van der Waals surface area contributed by atoms with Gasteiger partial charge < -0.3 is 5.11 Å². The SMILES string of the molecule is Oc1ccc(-c2ccncc2)c(Cl)c1. The number of rotatable bonds is 1. The Morgan fingerprint density at radius 3 is 2.43 bits per heavy atom. The fraction of sp³-hybridized carbons (Fsp3) is 0. The number of halogens is 1. The number of benzene rings is 1. The molecule has 2 aromatic rings. The Hall–Kier alpha value is -1.54. The molecule has 70 valence electrons. The van der Waals surface area contributed by atoms with Crippen molar-refractivity contribution in [3.8, 4) is 16.9 Å². The van der Waals surface area contributed by atoms with Gasteiger partial charge in [-0.1, -0.05) is 11.6 Å². The van der Waals surface area contributed by atoms with E-state index in [9.17, 15) is 5.11 Å². The summed E-state index contributed by atoms with van der Waals surface area (Å²) in [6.45, 7) is 0. The van der Waals surface area contributed by atoms with Crippen molar-refractivity contribution in [1.82, 2.24) is 4.98 Å². The topological polar surface area (TPSA) is 33.1 Å². The first-order valence-corrected chi connectivity index (χ1v) is 4.54. The molecule has 1 N–H and O–H groups in total. The van der Waals surface area contributed by atoms with Gasteiger partial charge in [0.1, 0.15) is 5.75 Å². The van der Waals surface area contributed by atoms with Crippen molar-refractivity contribution >= 4 is 11.6 Å². The van der Waals surface area contributed by atoms with Crippen LogP contribution in [0.2, 0.25) is 5.02 Å². The second-order valence-corrected chi connectivity index (χ2v) is 3.31. The standard InChI is InChI=1S/C11H8ClNO/c12-11-7-9(14)1-2-10(11)8-3-5-13-6-4-8/h1-7,14H. The van der Waals surface area contributed by atoms with Crippen molar-refractivity contribution < 1.29 is 5.11 Å². The Labute approximate surface area is 86.8 Å². The number of hydrogen-bond donors (Lipinski definition) is 1. The molecule has 1 aromatic carbocycles. The second-order valence-electron chi connectivity index (χ2n) is 2.90. The summed E-state index contributed by atoms with van der Waals surface area (Å²) in [6, 6.07) is 8.67. The quantitative estimate of drug-likeness (QED) is 0.776. The lowest BCUT2D eigenvalue weighted by Crippen LogP contribution is -1.79. The molecule has 0 amide bonds. The molecule has 0 aliphatic rings. The van der Waals surface area contributed by atoms with Gasteiger partial charge in [0, 0.05) is 18.0 Å². The molecule has 0 spiro atoms. The maximum Gasteiger partial charge on any atom is 0.117 e. The van der Waals surface area contributed by atoms with E-state index in [-0.39, 0.29) is 5.75 Å². The summed E-state index contributed by atoms with van der Waals surface area (Å²) in [5.41, 5.74) is 1.89. The van der Waals surface area contributed by atoms with Crippen LogP contribution < -0.4 is 0 Å². The minimum Gasteiger partial charge on any atom is -0.508 e. The zero-order valence-corrected chi connectivity index (χ0v) is 8.07. The van der Waals surface area contributed by atoms with Gasteiger partial charge in [-0.2, -0.15) is 0 Å². The normalized spacial score (nSPS) is 10.1. The van der Waals surface area contributed by atoms with Gasteiger partial charge in [0.25, 0.3) is 0 Å². The first-order chi connectivity index (χ1) is 6.77. The summed E-state index contributed by atoms with van der Waals surface area (Å²) in [6.07, 6.45) is 3.41. The van der Waals surface area contributed by atoms with Crippen LogP contribution in [0.3, 0.4) is 0 Å². The van der Waals surface area contributed by atoms with Crippen LogP contribution >= 0.6 is 11.6 Å². The first kappa shape index (κ1) is 9.03. The molecule has 1 aromatic heterocycles. The lowest BCUT2D eigenvalue weighted by atomic mass is 10.1. The van der Waals surface area contributed by atoms with Crippen LogP contribution in [0, 0.1) is 0 Å². The largest absolute Gasteiger partial charge is 0.508 e. The van der Waals surface area contributed by atoms with E-state index in [1.54, 1.807) is 24.5 Å². The molecule has 0 aliphatic heterocycles. The van der Waals surface area contributed by atoms with Gasteiger partial charge in [-0.25, -0.2) is 0 Å². The van der Waals surface area contributed by atoms with Crippen molar-refractivity contribution in [3.63, 3.8) is 0 Å². The Balaban J connectivity index is 2.53. The predicted molar refractivity (Wildman–Crippen MR) is 56.3 cm³/mol. The Bertz CT molecular complexity index is 442. The molecule has 1 heterocycles. The Morgan fingerprint density at radius 2 is 1.79 bits per heavy atom. The molecule has 2 rings (SSSR count). The monoisotopic (exact) mass is 205 g/mol. The van der Waals surface area contributed by atoms with Crippen molar-refractivity contribution in [1.29, 1.82) is 0 Å². The highest BCUT2D eigenvalue weighted by atomic mass is 35.5. The third-order valence-electron chi connectivity index (χ3n) is 1.94. The average molecular weight is 206 g/mol. The molecule has 0 radical (unpaired) electrons. The average Bonchev–Trinajstić information content (AvgIpc) is 2.19. The summed E-state index contributed by atoms with van der Waals surface area (Å²) in [4.78, 5) is 3.93. The second kappa shape index (κ2) is 3.68. The van der Waals surface area contributed by atoms with Gasteiger partial charge in [0.05, 0.1) is 5.02 Å². The van der Waals surface area contributed by atoms with E-state index in [4.69, 9.17) is 11.6 Å². The van der Waals surface area contributed by atoms with Gasteiger partial charge in [0.15, 0.2) is 0 Å². The third kappa shape index (κ3) is 1.70. The molecule has 0 fully saturated rings. The molecule has 0 aliphatic carbocycles. The highest BCUT2D eigenvalue weighted by Gasteiger charge is 2.03. The van der Waals surface area contributed by atoms with E-state index in [0.717, 1.165) is 11.1 Å². The van der Waals surface area contributed by atoms with Crippen LogP contribution in [-0.4, -0.2) is 10.1 Å². The summed E-state index contributed by atoms with van der Waals surface area (Å²) in [5, 5.41) is 9.73. The van der Waals surface area contributed by atoms with Gasteiger partial charge in [-0.3, -0.25) is 4.98 Å². The molecule has 3 heteroatoms. The van der Waals surface area contributed by atoms with Crippen molar-refractivity contribution in [2.45, 2.75) is 0 Å². The number of aromatic hydroxyl groups is 1. The zero-order valence-electron chi connectivity index (χ0n) is 7.31. The highest BCUT2D eigenvalue weighted by Crippen LogP contribution is 2.29. The Kier molecular flexibility index (Phi) is 2.37. The minimum atomic E-state index is 0.174. The van der Waals surface area contributed by atoms with E-state index < -0.39 is 0 Å². The number of pyridine rings is 1. The van der Waals surface area contributed by atoms with Crippen molar-refractivity contribution in [2.24, 2.45) is 0 Å². The summed E-state index contributed by atoms with van der Waals surface area (Å²) in [7, 11) is 0. The van der Waals surface area contributed by atoms with Crippen LogP contribution in [0.15, 0.2) is 42.7 Å². The molecule has 0 saturated heterocycles. The summed E-state index contributed by atoms with van der Waals surface area (Å²) < 4.78 is 0. The van der Waals surface area contributed by atoms with E-state index in [2.05, 4.69) is 4.98 Å². The van der Waals surface area contributed by atoms with E-state index in [0.29, 0.717) is 5.02 Å². The van der Waals surface area contributed by atoms with Crippen LogP contribution in [0.1, 0.15) is 0 Å². The van der Waals surface area contributed by atoms with E-state index in [1.807, 2.05) is 12.1 Å². The number of phenols is 1. The molecule has 2 nitrogen and oxygen atoms in total. The molecule has 0 unspecified atom stereocenters. The number of hydrogen-bond acceptors (Lipinski definition) is 2. The number of aromatic nitrogens is 1. The van der Waals surface area contributed by atoms with Crippen LogP contribution in [0.5, 0.6) is 5.75 Å². The fourth-order valence-electron chi connectivity index (χ4n) is 1.27. The lowest BCUT2D eigenvalue weighted by Gasteiger charge is -2.03. The van der Waals surface area contributed by atoms with Crippen molar-refractivity contribution in [3.05, 3.63) is 47.7 Å². The smallest absolute Gasteiger partial charge is 0.117 e. The van der Waals surface area contributed by atoms with E-state index >= 15 is 0 Å². The minimum absolute atomic E-state index is 0.174. The molecule has 14 heavy (non-hydrogen) atoms. The van der Waals surface area contributed by atoms with Crippen LogP contribution in [-0.2, 0) is 0 Å².